The molecule has 0 amide bonds. The molecule has 0 aromatic carbocycles. The van der Waals surface area contributed by atoms with Gasteiger partial charge in [0.15, 0.2) is 5.78 Å². The summed E-state index contributed by atoms with van der Waals surface area (Å²) in [5, 5.41) is 19.8. The maximum atomic E-state index is 13.4. The van der Waals surface area contributed by atoms with Crippen LogP contribution in [0.15, 0.2) is 23.8 Å². The fourth-order valence-electron chi connectivity index (χ4n) is 7.06. The van der Waals surface area contributed by atoms with Crippen molar-refractivity contribution < 1.29 is 19.8 Å². The van der Waals surface area contributed by atoms with Crippen LogP contribution in [-0.4, -0.2) is 40.0 Å². The number of fused-ring (bicyclic) bond motifs is 5. The zero-order valence-corrected chi connectivity index (χ0v) is 15.6. The molecule has 3 unspecified atom stereocenters. The molecule has 0 aliphatic heterocycles. The summed E-state index contributed by atoms with van der Waals surface area (Å²) in [6.07, 6.45) is 7.81. The molecule has 26 heavy (non-hydrogen) atoms. The zero-order chi connectivity index (χ0) is 18.9. The van der Waals surface area contributed by atoms with E-state index in [1.807, 2.05) is 13.0 Å². The summed E-state index contributed by atoms with van der Waals surface area (Å²) in [4.78, 5) is 25.2. The number of allylic oxidation sites excluding steroid dienone is 4. The van der Waals surface area contributed by atoms with E-state index in [9.17, 15) is 19.8 Å². The Morgan fingerprint density at radius 3 is 2.73 bits per heavy atom. The third-order valence-corrected chi connectivity index (χ3v) is 8.15. The maximum Gasteiger partial charge on any atom is 0.178 e. The second-order valence-corrected chi connectivity index (χ2v) is 9.37. The summed E-state index contributed by atoms with van der Waals surface area (Å²) in [7, 11) is 0. The predicted molar refractivity (Wildman–Crippen MR) is 97.0 cm³/mol. The Morgan fingerprint density at radius 2 is 2.04 bits per heavy atom. The molecule has 0 aromatic heterocycles. The van der Waals surface area contributed by atoms with Crippen LogP contribution in [0.3, 0.4) is 0 Å². The van der Waals surface area contributed by atoms with E-state index in [2.05, 4.69) is 6.92 Å². The van der Waals surface area contributed by atoms with Gasteiger partial charge in [0.05, 0.1) is 12.7 Å². The van der Waals surface area contributed by atoms with Crippen molar-refractivity contribution in [1.82, 2.24) is 0 Å². The Labute approximate surface area is 154 Å². The number of hydrogen-bond acceptors (Lipinski definition) is 5. The SMILES string of the molecule is CC12CC(=O)C3[C@@]4(C)C=CC(=O)C=C4CC[C@@]3(N)[C@@H]1CC[C@@H]2C(O)CO. The van der Waals surface area contributed by atoms with Gasteiger partial charge in [0.25, 0.3) is 0 Å². The lowest BCUT2D eigenvalue weighted by Crippen LogP contribution is -2.69. The minimum absolute atomic E-state index is 0.0120. The first-order valence-electron chi connectivity index (χ1n) is 9.71. The van der Waals surface area contributed by atoms with E-state index >= 15 is 0 Å². The smallest absolute Gasteiger partial charge is 0.178 e. The molecule has 3 saturated carbocycles. The molecule has 0 radical (unpaired) electrons. The Balaban J connectivity index is 1.78. The van der Waals surface area contributed by atoms with Gasteiger partial charge in [-0.15, -0.1) is 0 Å². The number of carbonyl (C=O) groups is 2. The zero-order valence-electron chi connectivity index (χ0n) is 15.6. The van der Waals surface area contributed by atoms with Gasteiger partial charge >= 0.3 is 0 Å². The molecule has 4 aliphatic carbocycles. The number of carbonyl (C=O) groups excluding carboxylic acids is 2. The first kappa shape index (κ1) is 18.1. The number of Topliss-reactive ketones (excluding diaryl/α,β-unsaturated/α-hetero) is 1. The summed E-state index contributed by atoms with van der Waals surface area (Å²) in [5.41, 5.74) is 6.56. The first-order valence-corrected chi connectivity index (χ1v) is 9.71. The quantitative estimate of drug-likeness (QED) is 0.694. The standard InChI is InChI=1S/C21H29NO4/c1-19-7-6-13(24)9-12(19)5-8-21(22)17-4-3-14(16(26)11-23)20(17,2)10-15(25)18(19)21/h6-7,9,14,16-18,23,26H,3-5,8,10-11,22H2,1-2H3/t14-,16?,17-,18?,19+,20?,21-/m1/s1. The van der Waals surface area contributed by atoms with Crippen molar-refractivity contribution in [3.05, 3.63) is 23.8 Å². The number of nitrogens with two attached hydrogens (primary N) is 1. The Hall–Kier alpha value is -1.30. The lowest BCUT2D eigenvalue weighted by Gasteiger charge is -2.61. The minimum atomic E-state index is -0.806. The highest BCUT2D eigenvalue weighted by molar-refractivity contribution is 6.02. The highest BCUT2D eigenvalue weighted by Gasteiger charge is 2.67. The molecule has 4 aliphatic rings. The van der Waals surface area contributed by atoms with Crippen LogP contribution in [0, 0.1) is 28.6 Å². The van der Waals surface area contributed by atoms with Gasteiger partial charge in [-0.3, -0.25) is 9.59 Å². The average molecular weight is 359 g/mol. The van der Waals surface area contributed by atoms with E-state index in [0.29, 0.717) is 12.8 Å². The molecule has 142 valence electrons. The van der Waals surface area contributed by atoms with Crippen LogP contribution in [0.5, 0.6) is 0 Å². The van der Waals surface area contributed by atoms with E-state index in [4.69, 9.17) is 5.73 Å². The second kappa shape index (κ2) is 5.60. The molecule has 5 nitrogen and oxygen atoms in total. The summed E-state index contributed by atoms with van der Waals surface area (Å²) >= 11 is 0. The van der Waals surface area contributed by atoms with Crippen molar-refractivity contribution in [2.45, 2.75) is 57.6 Å². The average Bonchev–Trinajstić information content (AvgIpc) is 2.92. The van der Waals surface area contributed by atoms with E-state index in [1.54, 1.807) is 12.2 Å². The molecular formula is C21H29NO4. The monoisotopic (exact) mass is 359 g/mol. The number of ketones is 2. The third kappa shape index (κ3) is 2.14. The van der Waals surface area contributed by atoms with E-state index in [1.165, 1.54) is 0 Å². The van der Waals surface area contributed by atoms with Crippen molar-refractivity contribution >= 4 is 11.6 Å². The largest absolute Gasteiger partial charge is 0.394 e. The van der Waals surface area contributed by atoms with E-state index in [0.717, 1.165) is 24.8 Å². The predicted octanol–water partition coefficient (Wildman–Crippen LogP) is 1.52. The van der Waals surface area contributed by atoms with Crippen LogP contribution in [0.4, 0.5) is 0 Å². The van der Waals surface area contributed by atoms with Crippen LogP contribution in [0.2, 0.25) is 0 Å². The summed E-state index contributed by atoms with van der Waals surface area (Å²) in [5.74, 6) is -0.177. The molecular weight excluding hydrogens is 330 g/mol. The van der Waals surface area contributed by atoms with Crippen LogP contribution in [0.25, 0.3) is 0 Å². The minimum Gasteiger partial charge on any atom is -0.394 e. The number of aliphatic hydroxyl groups excluding tert-OH is 2. The van der Waals surface area contributed by atoms with Crippen molar-refractivity contribution in [3.63, 3.8) is 0 Å². The van der Waals surface area contributed by atoms with Crippen LogP contribution in [-0.2, 0) is 9.59 Å². The Morgan fingerprint density at radius 1 is 1.31 bits per heavy atom. The van der Waals surface area contributed by atoms with Gasteiger partial charge in [-0.05, 0) is 55.1 Å². The summed E-state index contributed by atoms with van der Waals surface area (Å²) in [6.45, 7) is 3.84. The molecule has 5 heteroatoms. The molecule has 0 saturated heterocycles. The Kier molecular flexibility index (Phi) is 3.89. The van der Waals surface area contributed by atoms with Gasteiger partial charge in [-0.1, -0.05) is 25.5 Å². The molecule has 0 spiro atoms. The van der Waals surface area contributed by atoms with Crippen molar-refractivity contribution in [1.29, 1.82) is 0 Å². The summed E-state index contributed by atoms with van der Waals surface area (Å²) < 4.78 is 0. The molecule has 3 fully saturated rings. The normalized spacial score (nSPS) is 48.5. The van der Waals surface area contributed by atoms with Crippen molar-refractivity contribution in [2.75, 3.05) is 6.61 Å². The van der Waals surface area contributed by atoms with Crippen LogP contribution >= 0.6 is 0 Å². The van der Waals surface area contributed by atoms with Gasteiger partial charge in [-0.2, -0.15) is 0 Å². The van der Waals surface area contributed by atoms with E-state index in [-0.39, 0.29) is 41.3 Å². The molecule has 4 N–H and O–H groups in total. The lowest BCUT2D eigenvalue weighted by atomic mass is 9.44. The summed E-state index contributed by atoms with van der Waals surface area (Å²) in [6, 6.07) is 0. The lowest BCUT2D eigenvalue weighted by molar-refractivity contribution is -0.148. The maximum absolute atomic E-state index is 13.4. The van der Waals surface area contributed by atoms with Crippen molar-refractivity contribution in [3.8, 4) is 0 Å². The van der Waals surface area contributed by atoms with Crippen LogP contribution < -0.4 is 5.73 Å². The van der Waals surface area contributed by atoms with Gasteiger partial charge in [0.1, 0.15) is 5.78 Å². The highest BCUT2D eigenvalue weighted by atomic mass is 16.3. The van der Waals surface area contributed by atoms with Gasteiger partial charge in [0, 0.05) is 23.3 Å². The van der Waals surface area contributed by atoms with Gasteiger partial charge in [-0.25, -0.2) is 0 Å². The van der Waals surface area contributed by atoms with Crippen LogP contribution in [0.1, 0.15) is 46.0 Å². The molecule has 0 aromatic rings. The second-order valence-electron chi connectivity index (χ2n) is 9.37. The highest BCUT2D eigenvalue weighted by Crippen LogP contribution is 2.66. The molecule has 4 rings (SSSR count). The van der Waals surface area contributed by atoms with Gasteiger partial charge in [0.2, 0.25) is 0 Å². The fourth-order valence-corrected chi connectivity index (χ4v) is 7.06. The van der Waals surface area contributed by atoms with E-state index < -0.39 is 17.1 Å². The van der Waals surface area contributed by atoms with Crippen molar-refractivity contribution in [2.24, 2.45) is 34.3 Å². The molecule has 0 bridgehead atoms. The molecule has 7 atom stereocenters. The number of rotatable bonds is 2. The molecule has 0 heterocycles. The van der Waals surface area contributed by atoms with Gasteiger partial charge < -0.3 is 15.9 Å². The number of aliphatic hydroxyl groups is 2. The number of hydrogen-bond donors (Lipinski definition) is 3. The third-order valence-electron chi connectivity index (χ3n) is 8.15. The Bertz CT molecular complexity index is 728. The fraction of sp³-hybridized carbons (Fsp3) is 0.714. The first-order chi connectivity index (χ1) is 12.2. The topological polar surface area (TPSA) is 101 Å².